The summed E-state index contributed by atoms with van der Waals surface area (Å²) in [4.78, 5) is 48.1. The molecule has 0 aliphatic carbocycles. The summed E-state index contributed by atoms with van der Waals surface area (Å²) in [5.74, 6) is -2.03. The van der Waals surface area contributed by atoms with Gasteiger partial charge in [-0.2, -0.15) is 0 Å². The van der Waals surface area contributed by atoms with E-state index in [4.69, 9.17) is 0 Å². The van der Waals surface area contributed by atoms with E-state index in [0.29, 0.717) is 0 Å². The van der Waals surface area contributed by atoms with Crippen molar-refractivity contribution in [3.8, 4) is 0 Å². The number of hydrogen-bond acceptors (Lipinski definition) is 4. The minimum atomic E-state index is -0.918. The molecule has 0 spiro atoms. The van der Waals surface area contributed by atoms with Gasteiger partial charge in [0.15, 0.2) is 5.91 Å². The van der Waals surface area contributed by atoms with E-state index in [9.17, 15) is 19.2 Å². The zero-order valence-electron chi connectivity index (χ0n) is 11.4. The van der Waals surface area contributed by atoms with Gasteiger partial charge in [-0.15, -0.1) is 24.3 Å². The van der Waals surface area contributed by atoms with Gasteiger partial charge in [0.05, 0.1) is 0 Å². The Hall–Kier alpha value is 0.240. The minimum absolute atomic E-state index is 0. The van der Waals surface area contributed by atoms with E-state index in [1.807, 2.05) is 0 Å². The van der Waals surface area contributed by atoms with Crippen LogP contribution < -0.4 is 5.32 Å². The summed E-state index contributed by atoms with van der Waals surface area (Å²) in [5, 5.41) is 2.14. The van der Waals surface area contributed by atoms with Gasteiger partial charge in [0.25, 0.3) is 0 Å². The van der Waals surface area contributed by atoms with Crippen LogP contribution in [0.4, 0.5) is 0 Å². The van der Waals surface area contributed by atoms with Crippen LogP contribution in [0.1, 0.15) is 33.6 Å². The Balaban J connectivity index is 0.00000110. The Morgan fingerprint density at radius 1 is 1.19 bits per heavy atom. The second-order valence-electron chi connectivity index (χ2n) is 4.41. The predicted octanol–water partition coefficient (Wildman–Crippen LogP) is -0.495. The summed E-state index contributed by atoms with van der Waals surface area (Å²) in [7, 11) is 0. The average molecular weight is 385 g/mol. The fraction of sp³-hybridized carbons (Fsp3) is 0.231. The fourth-order valence-corrected chi connectivity index (χ4v) is 2.35. The van der Waals surface area contributed by atoms with Crippen molar-refractivity contribution in [3.05, 3.63) is 35.4 Å². The Kier molecular flexibility index (Phi) is 7.05. The zero-order valence-corrected chi connectivity index (χ0v) is 17.3. The van der Waals surface area contributed by atoms with Crippen molar-refractivity contribution in [2.24, 2.45) is 0 Å². The van der Waals surface area contributed by atoms with Gasteiger partial charge in [0, 0.05) is 90.5 Å². The Morgan fingerprint density at radius 3 is 2.52 bits per heavy atom. The molecule has 21 heavy (non-hydrogen) atoms. The number of piperidine rings is 1. The second-order valence-corrected chi connectivity index (χ2v) is 4.41. The van der Waals surface area contributed by atoms with E-state index in [1.54, 1.807) is 6.07 Å². The number of benzene rings is 1. The summed E-state index contributed by atoms with van der Waals surface area (Å²) < 4.78 is 0. The van der Waals surface area contributed by atoms with Crippen LogP contribution in [-0.2, 0) is 42.3 Å². The topological polar surface area (TPSA) is 83.6 Å². The molecule has 4 amide bonds. The molecule has 2 radical (unpaired) electrons. The second kappa shape index (κ2) is 7.68. The number of imide groups is 2. The Bertz CT molecular complexity index is 599. The minimum Gasteiger partial charge on any atom is -0.327 e. The molecule has 1 aromatic carbocycles. The third-order valence-corrected chi connectivity index (χ3v) is 3.26. The predicted molar refractivity (Wildman–Crippen MR) is 67.7 cm³/mol. The van der Waals surface area contributed by atoms with Crippen molar-refractivity contribution in [1.82, 2.24) is 10.2 Å². The summed E-state index contributed by atoms with van der Waals surface area (Å²) in [6.45, 7) is 0. The van der Waals surface area contributed by atoms with E-state index >= 15 is 0 Å². The quantitative estimate of drug-likeness (QED) is 0.402. The van der Waals surface area contributed by atoms with Crippen LogP contribution in [0.2, 0.25) is 0 Å². The first-order chi connectivity index (χ1) is 9.09. The molecule has 1 unspecified atom stereocenters. The molecule has 6 nitrogen and oxygen atoms in total. The van der Waals surface area contributed by atoms with Crippen molar-refractivity contribution in [1.29, 1.82) is 0 Å². The smallest absolute Gasteiger partial charge is 0.249 e. The summed E-state index contributed by atoms with van der Waals surface area (Å²) in [6.07, 6.45) is 0.281. The molecule has 2 aliphatic rings. The number of nitrogens with zero attached hydrogens (tertiary/aromatic N) is 1. The Labute approximate surface area is 188 Å². The number of nitrogens with one attached hydrogen (secondary N) is 1. The number of hydrogen-bond donors (Lipinski definition) is 1. The molecule has 100 valence electrons. The van der Waals surface area contributed by atoms with Gasteiger partial charge in [-0.3, -0.25) is 19.7 Å². The number of rotatable bonds is 1. The molecule has 8 heteroatoms. The van der Waals surface area contributed by atoms with Gasteiger partial charge >= 0.3 is 0 Å². The van der Waals surface area contributed by atoms with Gasteiger partial charge in [-0.25, -0.2) is 0 Å². The SMILES string of the molecule is O=C1CCC(N2C(=O)c3[c-]cccc3C2=O)C(=O)N1.[K].[Y]. The van der Waals surface area contributed by atoms with Crippen molar-refractivity contribution in [2.75, 3.05) is 0 Å². The van der Waals surface area contributed by atoms with Gasteiger partial charge < -0.3 is 9.69 Å². The number of fused-ring (bicyclic) bond motifs is 1. The van der Waals surface area contributed by atoms with Crippen molar-refractivity contribution < 1.29 is 51.9 Å². The largest absolute Gasteiger partial charge is 0.327 e. The number of carbonyl (C=O) groups excluding carboxylic acids is 4. The first-order valence-electron chi connectivity index (χ1n) is 5.82. The Morgan fingerprint density at radius 2 is 1.90 bits per heavy atom. The molecule has 1 atom stereocenters. The maximum atomic E-state index is 12.2. The molecule has 0 bridgehead atoms. The third-order valence-electron chi connectivity index (χ3n) is 3.26. The van der Waals surface area contributed by atoms with Crippen LogP contribution in [0.3, 0.4) is 0 Å². The molecule has 2 heterocycles. The van der Waals surface area contributed by atoms with Gasteiger partial charge in [0.1, 0.15) is 6.04 Å². The van der Waals surface area contributed by atoms with E-state index in [0.717, 1.165) is 4.90 Å². The van der Waals surface area contributed by atoms with Crippen LogP contribution in [0, 0.1) is 6.07 Å². The summed E-state index contributed by atoms with van der Waals surface area (Å²) in [5.41, 5.74) is 0.425. The molecule has 1 saturated heterocycles. The van der Waals surface area contributed by atoms with Crippen molar-refractivity contribution in [2.45, 2.75) is 18.9 Å². The van der Waals surface area contributed by atoms with Crippen LogP contribution in [-0.4, -0.2) is 86.0 Å². The molecule has 0 aromatic heterocycles. The molecule has 1 N–H and O–H groups in total. The van der Waals surface area contributed by atoms with Crippen LogP contribution >= 0.6 is 0 Å². The summed E-state index contributed by atoms with van der Waals surface area (Å²) >= 11 is 0. The maximum absolute atomic E-state index is 12.2. The van der Waals surface area contributed by atoms with Crippen molar-refractivity contribution in [3.63, 3.8) is 0 Å². The van der Waals surface area contributed by atoms with Crippen LogP contribution in [0.15, 0.2) is 18.2 Å². The molecular formula is C13H9KN2O4Y-. The molecule has 2 aliphatic heterocycles. The van der Waals surface area contributed by atoms with Gasteiger partial charge in [-0.1, -0.05) is 5.56 Å². The van der Waals surface area contributed by atoms with Crippen LogP contribution in [0.25, 0.3) is 0 Å². The van der Waals surface area contributed by atoms with Crippen molar-refractivity contribution >= 4 is 75.0 Å². The molecule has 0 saturated carbocycles. The van der Waals surface area contributed by atoms with E-state index in [1.165, 1.54) is 12.1 Å². The zero-order chi connectivity index (χ0) is 13.6. The first-order valence-corrected chi connectivity index (χ1v) is 5.82. The fourth-order valence-electron chi connectivity index (χ4n) is 2.35. The maximum Gasteiger partial charge on any atom is 0.249 e. The van der Waals surface area contributed by atoms with Gasteiger partial charge in [-0.05, 0) is 12.0 Å². The number of carbonyl (C=O) groups is 4. The summed E-state index contributed by atoms with van der Waals surface area (Å²) in [6, 6.07) is 6.47. The molecular weight excluding hydrogens is 376 g/mol. The third kappa shape index (κ3) is 3.44. The average Bonchev–Trinajstić information content (AvgIpc) is 2.64. The molecule has 1 fully saturated rings. The van der Waals surface area contributed by atoms with E-state index in [2.05, 4.69) is 11.4 Å². The van der Waals surface area contributed by atoms with E-state index < -0.39 is 23.8 Å². The monoisotopic (exact) mass is 385 g/mol. The molecule has 1 aromatic rings. The standard InChI is InChI=1S/C13H9N2O4.K.Y/c16-10-6-5-9(11(17)14-10)15-12(18)7-3-1-2-4-8(7)13(15)19;;/h1-3,9H,5-6H2,(H,14,16,17);;/q-1;;. The van der Waals surface area contributed by atoms with Crippen LogP contribution in [0.5, 0.6) is 0 Å². The van der Waals surface area contributed by atoms with Gasteiger partial charge in [0.2, 0.25) is 17.7 Å². The number of amides is 4. The normalized spacial score (nSPS) is 20.4. The van der Waals surface area contributed by atoms with E-state index in [-0.39, 0.29) is 114 Å². The molecule has 3 rings (SSSR count). The first kappa shape index (κ1) is 19.3.